The van der Waals surface area contributed by atoms with Crippen molar-refractivity contribution in [1.29, 1.82) is 5.26 Å². The highest BCUT2D eigenvalue weighted by molar-refractivity contribution is 7.95. The molecule has 0 fully saturated rings. The highest BCUT2D eigenvalue weighted by Crippen LogP contribution is 2.23. The van der Waals surface area contributed by atoms with Gasteiger partial charge in [0.15, 0.2) is 9.84 Å². The third-order valence-corrected chi connectivity index (χ3v) is 6.19. The van der Waals surface area contributed by atoms with Crippen LogP contribution in [0.5, 0.6) is 0 Å². The lowest BCUT2D eigenvalue weighted by Gasteiger charge is -2.04. The first-order valence-corrected chi connectivity index (χ1v) is 10.3. The minimum absolute atomic E-state index is 0.0487. The lowest BCUT2D eigenvalue weighted by Crippen LogP contribution is -2.03. The SMILES string of the molecule is CS(=O)(=O)c1ccc(C=C(C#N)S(=O)(=O)c2ccc(Cl)cc2)cc1. The number of nitrogens with zero attached hydrogens (tertiary/aromatic N) is 1. The van der Waals surface area contributed by atoms with Crippen molar-refractivity contribution < 1.29 is 16.8 Å². The molecule has 0 saturated carbocycles. The summed E-state index contributed by atoms with van der Waals surface area (Å²) in [7, 11) is -7.33. The van der Waals surface area contributed by atoms with Gasteiger partial charge in [-0.05, 0) is 48.0 Å². The number of benzene rings is 2. The third kappa shape index (κ3) is 4.03. The van der Waals surface area contributed by atoms with Gasteiger partial charge >= 0.3 is 0 Å². The van der Waals surface area contributed by atoms with Crippen molar-refractivity contribution >= 4 is 37.4 Å². The van der Waals surface area contributed by atoms with Crippen molar-refractivity contribution in [2.24, 2.45) is 0 Å². The predicted molar refractivity (Wildman–Crippen MR) is 91.8 cm³/mol. The van der Waals surface area contributed by atoms with E-state index in [2.05, 4.69) is 0 Å². The van der Waals surface area contributed by atoms with Gasteiger partial charge in [-0.25, -0.2) is 16.8 Å². The topological polar surface area (TPSA) is 92.1 Å². The molecule has 0 radical (unpaired) electrons. The summed E-state index contributed by atoms with van der Waals surface area (Å²) in [5, 5.41) is 9.59. The summed E-state index contributed by atoms with van der Waals surface area (Å²) < 4.78 is 47.8. The molecule has 0 N–H and O–H groups in total. The number of nitriles is 1. The Labute approximate surface area is 145 Å². The second-order valence-corrected chi connectivity index (χ2v) is 9.29. The maximum absolute atomic E-state index is 12.5. The van der Waals surface area contributed by atoms with E-state index in [1.165, 1.54) is 54.6 Å². The number of hydrogen-bond donors (Lipinski definition) is 0. The van der Waals surface area contributed by atoms with Crippen LogP contribution in [0.2, 0.25) is 5.02 Å². The first kappa shape index (κ1) is 18.2. The number of rotatable bonds is 4. The van der Waals surface area contributed by atoms with Gasteiger partial charge in [-0.2, -0.15) is 5.26 Å². The molecule has 0 aliphatic carbocycles. The minimum Gasteiger partial charge on any atom is -0.224 e. The van der Waals surface area contributed by atoms with Crippen LogP contribution < -0.4 is 0 Å². The molecule has 0 heterocycles. The van der Waals surface area contributed by atoms with Crippen molar-refractivity contribution in [2.45, 2.75) is 9.79 Å². The highest BCUT2D eigenvalue weighted by atomic mass is 35.5. The summed E-state index contributed by atoms with van der Waals surface area (Å²) in [4.78, 5) is -0.386. The maximum atomic E-state index is 12.5. The van der Waals surface area contributed by atoms with Crippen LogP contribution in [0.4, 0.5) is 0 Å². The van der Waals surface area contributed by atoms with Gasteiger partial charge in [-0.1, -0.05) is 23.7 Å². The van der Waals surface area contributed by atoms with Crippen LogP contribution in [0.1, 0.15) is 5.56 Å². The maximum Gasteiger partial charge on any atom is 0.216 e. The summed E-state index contributed by atoms with van der Waals surface area (Å²) >= 11 is 5.73. The lowest BCUT2D eigenvalue weighted by atomic mass is 10.2. The molecule has 0 aliphatic rings. The van der Waals surface area contributed by atoms with Crippen molar-refractivity contribution in [3.8, 4) is 6.07 Å². The van der Waals surface area contributed by atoms with E-state index in [1.54, 1.807) is 6.07 Å². The van der Waals surface area contributed by atoms with Gasteiger partial charge in [0.25, 0.3) is 0 Å². The largest absolute Gasteiger partial charge is 0.224 e. The Balaban J connectivity index is 2.46. The predicted octanol–water partition coefficient (Wildman–Crippen LogP) is 3.08. The van der Waals surface area contributed by atoms with Crippen LogP contribution >= 0.6 is 11.6 Å². The van der Waals surface area contributed by atoms with Crippen LogP contribution in [0, 0.1) is 11.3 Å². The van der Waals surface area contributed by atoms with E-state index in [0.29, 0.717) is 10.6 Å². The molecule has 0 spiro atoms. The zero-order chi connectivity index (χ0) is 18.0. The fourth-order valence-electron chi connectivity index (χ4n) is 1.87. The zero-order valence-corrected chi connectivity index (χ0v) is 14.9. The standard InChI is InChI=1S/C16H12ClNO4S2/c1-23(19,20)14-6-2-12(3-7-14)10-16(11-18)24(21,22)15-8-4-13(17)5-9-15/h2-10H,1H3. The quantitative estimate of drug-likeness (QED) is 0.759. The number of allylic oxidation sites excluding steroid dienone is 1. The van der Waals surface area contributed by atoms with Gasteiger partial charge in [0.2, 0.25) is 9.84 Å². The Morgan fingerprint density at radius 1 is 0.958 bits per heavy atom. The summed E-state index contributed by atoms with van der Waals surface area (Å²) in [6, 6.07) is 12.7. The van der Waals surface area contributed by atoms with Gasteiger partial charge in [0.05, 0.1) is 9.79 Å². The van der Waals surface area contributed by atoms with Gasteiger partial charge in [0, 0.05) is 11.3 Å². The van der Waals surface area contributed by atoms with E-state index < -0.39 is 24.6 Å². The molecule has 0 saturated heterocycles. The van der Waals surface area contributed by atoms with E-state index in [-0.39, 0.29) is 9.79 Å². The minimum atomic E-state index is -3.98. The number of sulfone groups is 2. The molecule has 24 heavy (non-hydrogen) atoms. The molecular weight excluding hydrogens is 370 g/mol. The van der Waals surface area contributed by atoms with E-state index in [9.17, 15) is 22.1 Å². The second kappa shape index (κ2) is 6.77. The van der Waals surface area contributed by atoms with E-state index in [0.717, 1.165) is 6.26 Å². The molecule has 124 valence electrons. The first-order chi connectivity index (χ1) is 11.1. The van der Waals surface area contributed by atoms with Crippen LogP contribution in [-0.4, -0.2) is 23.1 Å². The van der Waals surface area contributed by atoms with Crippen LogP contribution in [0.3, 0.4) is 0 Å². The Hall–Kier alpha value is -2.14. The molecule has 2 aromatic carbocycles. The van der Waals surface area contributed by atoms with E-state index in [1.807, 2.05) is 0 Å². The molecule has 0 unspecified atom stereocenters. The molecule has 2 aromatic rings. The molecule has 2 rings (SSSR count). The Morgan fingerprint density at radius 3 is 1.92 bits per heavy atom. The zero-order valence-electron chi connectivity index (χ0n) is 12.5. The lowest BCUT2D eigenvalue weighted by molar-refractivity contribution is 0.600. The summed E-state index contributed by atoms with van der Waals surface area (Å²) in [6.07, 6.45) is 2.26. The summed E-state index contributed by atoms with van der Waals surface area (Å²) in [6.45, 7) is 0. The van der Waals surface area contributed by atoms with Gasteiger partial charge in [-0.3, -0.25) is 0 Å². The Morgan fingerprint density at radius 2 is 1.46 bits per heavy atom. The molecule has 0 aliphatic heterocycles. The molecule has 0 aromatic heterocycles. The summed E-state index contributed by atoms with van der Waals surface area (Å²) in [5.74, 6) is 0. The molecule has 0 atom stereocenters. The second-order valence-electron chi connectivity index (χ2n) is 4.92. The van der Waals surface area contributed by atoms with E-state index in [4.69, 9.17) is 11.6 Å². The molecule has 8 heteroatoms. The van der Waals surface area contributed by atoms with Gasteiger partial charge in [0.1, 0.15) is 11.0 Å². The summed E-state index contributed by atoms with van der Waals surface area (Å²) in [5.41, 5.74) is 0.400. The van der Waals surface area contributed by atoms with Crippen LogP contribution in [-0.2, 0) is 19.7 Å². The normalized spacial score (nSPS) is 12.6. The average molecular weight is 382 g/mol. The smallest absolute Gasteiger partial charge is 0.216 e. The van der Waals surface area contributed by atoms with Crippen molar-refractivity contribution in [3.05, 3.63) is 64.0 Å². The molecule has 5 nitrogen and oxygen atoms in total. The Kier molecular flexibility index (Phi) is 5.13. The van der Waals surface area contributed by atoms with Crippen LogP contribution in [0.15, 0.2) is 63.2 Å². The monoisotopic (exact) mass is 381 g/mol. The first-order valence-electron chi connectivity index (χ1n) is 6.57. The van der Waals surface area contributed by atoms with Gasteiger partial charge in [-0.15, -0.1) is 0 Å². The average Bonchev–Trinajstić information content (AvgIpc) is 2.52. The number of halogens is 1. The van der Waals surface area contributed by atoms with Crippen molar-refractivity contribution in [2.75, 3.05) is 6.26 Å². The van der Waals surface area contributed by atoms with E-state index >= 15 is 0 Å². The van der Waals surface area contributed by atoms with Crippen molar-refractivity contribution in [1.82, 2.24) is 0 Å². The molecule has 0 amide bonds. The number of hydrogen-bond acceptors (Lipinski definition) is 5. The molecular formula is C16H12ClNO4S2. The Bertz CT molecular complexity index is 1030. The third-order valence-electron chi connectivity index (χ3n) is 3.13. The fraction of sp³-hybridized carbons (Fsp3) is 0.0625. The molecule has 0 bridgehead atoms. The van der Waals surface area contributed by atoms with Gasteiger partial charge < -0.3 is 0 Å². The highest BCUT2D eigenvalue weighted by Gasteiger charge is 2.20. The van der Waals surface area contributed by atoms with Crippen LogP contribution in [0.25, 0.3) is 6.08 Å². The van der Waals surface area contributed by atoms with Crippen molar-refractivity contribution in [3.63, 3.8) is 0 Å². The fourth-order valence-corrected chi connectivity index (χ4v) is 3.79.